The van der Waals surface area contributed by atoms with E-state index in [0.29, 0.717) is 37.6 Å². The third kappa shape index (κ3) is 5.26. The van der Waals surface area contributed by atoms with Crippen LogP contribution in [0.1, 0.15) is 24.3 Å². The van der Waals surface area contributed by atoms with Crippen LogP contribution in [0.5, 0.6) is 0 Å². The quantitative estimate of drug-likeness (QED) is 0.457. The number of nitrogens with zero attached hydrogens (tertiary/aromatic N) is 4. The van der Waals surface area contributed by atoms with Crippen molar-refractivity contribution in [2.45, 2.75) is 31.2 Å². The van der Waals surface area contributed by atoms with E-state index in [4.69, 9.17) is 4.52 Å². The first-order valence-electron chi connectivity index (χ1n) is 11.2. The first kappa shape index (κ1) is 23.8. The molecule has 2 aromatic carbocycles. The van der Waals surface area contributed by atoms with E-state index >= 15 is 0 Å². The number of piperidine rings is 1. The molecule has 0 unspecified atom stereocenters. The SMILES string of the molecule is C=CCN(Cc1nc(-c2ccccc2)no1)C(=O)[C@H]1CCCN(S(=O)(=O)c2ccc(C)cc2)C1. The summed E-state index contributed by atoms with van der Waals surface area (Å²) in [4.78, 5) is 19.6. The molecule has 0 N–H and O–H groups in total. The highest BCUT2D eigenvalue weighted by molar-refractivity contribution is 7.89. The van der Waals surface area contributed by atoms with E-state index in [-0.39, 0.29) is 23.9 Å². The Labute approximate surface area is 199 Å². The van der Waals surface area contributed by atoms with Gasteiger partial charge in [0.25, 0.3) is 0 Å². The van der Waals surface area contributed by atoms with E-state index < -0.39 is 15.9 Å². The van der Waals surface area contributed by atoms with E-state index in [1.807, 2.05) is 37.3 Å². The lowest BCUT2D eigenvalue weighted by Gasteiger charge is -2.33. The molecule has 0 aliphatic carbocycles. The molecular formula is C25H28N4O4S. The van der Waals surface area contributed by atoms with Crippen molar-refractivity contribution in [3.05, 3.63) is 78.7 Å². The number of carbonyl (C=O) groups excluding carboxylic acids is 1. The molecule has 4 rings (SSSR count). The molecule has 0 radical (unpaired) electrons. The minimum absolute atomic E-state index is 0.131. The first-order valence-corrected chi connectivity index (χ1v) is 12.7. The monoisotopic (exact) mass is 480 g/mol. The minimum atomic E-state index is -3.67. The molecule has 1 aromatic heterocycles. The zero-order chi connectivity index (χ0) is 24.1. The Morgan fingerprint density at radius 1 is 1.21 bits per heavy atom. The lowest BCUT2D eigenvalue weighted by Crippen LogP contribution is -2.46. The summed E-state index contributed by atoms with van der Waals surface area (Å²) in [5, 5.41) is 4.02. The maximum Gasteiger partial charge on any atom is 0.246 e. The summed E-state index contributed by atoms with van der Waals surface area (Å²) in [6, 6.07) is 16.2. The van der Waals surface area contributed by atoms with E-state index in [1.54, 1.807) is 35.2 Å². The summed E-state index contributed by atoms with van der Waals surface area (Å²) < 4.78 is 33.1. The summed E-state index contributed by atoms with van der Waals surface area (Å²) in [7, 11) is -3.67. The average molecular weight is 481 g/mol. The van der Waals surface area contributed by atoms with Crippen LogP contribution in [-0.4, -0.2) is 53.3 Å². The molecule has 1 aliphatic rings. The van der Waals surface area contributed by atoms with Gasteiger partial charge in [0.1, 0.15) is 6.54 Å². The molecule has 3 aromatic rings. The molecule has 1 atom stereocenters. The summed E-state index contributed by atoms with van der Waals surface area (Å²) in [6.07, 6.45) is 2.86. The molecule has 34 heavy (non-hydrogen) atoms. The maximum atomic E-state index is 13.4. The Bertz CT molecular complexity index is 1240. The van der Waals surface area contributed by atoms with Gasteiger partial charge in [-0.3, -0.25) is 4.79 Å². The highest BCUT2D eigenvalue weighted by atomic mass is 32.2. The highest BCUT2D eigenvalue weighted by Crippen LogP contribution is 2.26. The largest absolute Gasteiger partial charge is 0.337 e. The van der Waals surface area contributed by atoms with Crippen LogP contribution < -0.4 is 0 Å². The number of carbonyl (C=O) groups is 1. The Hall–Kier alpha value is -3.30. The van der Waals surface area contributed by atoms with Gasteiger partial charge in [-0.1, -0.05) is 59.3 Å². The number of hydrogen-bond acceptors (Lipinski definition) is 6. The van der Waals surface area contributed by atoms with Crippen molar-refractivity contribution < 1.29 is 17.7 Å². The number of amides is 1. The molecule has 2 heterocycles. The van der Waals surface area contributed by atoms with Crippen LogP contribution in [0, 0.1) is 12.8 Å². The second kappa shape index (κ2) is 10.3. The van der Waals surface area contributed by atoms with E-state index in [2.05, 4.69) is 16.7 Å². The second-order valence-corrected chi connectivity index (χ2v) is 10.3. The van der Waals surface area contributed by atoms with Crippen LogP contribution in [-0.2, 0) is 21.4 Å². The Balaban J connectivity index is 1.47. The Morgan fingerprint density at radius 2 is 1.94 bits per heavy atom. The fourth-order valence-corrected chi connectivity index (χ4v) is 5.58. The zero-order valence-electron chi connectivity index (χ0n) is 19.1. The van der Waals surface area contributed by atoms with Gasteiger partial charge < -0.3 is 9.42 Å². The fraction of sp³-hybridized carbons (Fsp3) is 0.320. The van der Waals surface area contributed by atoms with Crippen molar-refractivity contribution in [3.8, 4) is 11.4 Å². The van der Waals surface area contributed by atoms with Crippen molar-refractivity contribution in [3.63, 3.8) is 0 Å². The fourth-order valence-electron chi connectivity index (χ4n) is 4.05. The number of hydrogen-bond donors (Lipinski definition) is 0. The molecule has 178 valence electrons. The van der Waals surface area contributed by atoms with Gasteiger partial charge in [-0.05, 0) is 31.9 Å². The molecule has 0 spiro atoms. The summed E-state index contributed by atoms with van der Waals surface area (Å²) in [6.45, 7) is 6.63. The van der Waals surface area contributed by atoms with Gasteiger partial charge in [0.2, 0.25) is 27.6 Å². The molecule has 0 bridgehead atoms. The molecule has 1 saturated heterocycles. The summed E-state index contributed by atoms with van der Waals surface area (Å²) in [5.41, 5.74) is 1.81. The lowest BCUT2D eigenvalue weighted by molar-refractivity contribution is -0.137. The van der Waals surface area contributed by atoms with Crippen LogP contribution >= 0.6 is 0 Å². The average Bonchev–Trinajstić information content (AvgIpc) is 3.33. The topological polar surface area (TPSA) is 96.6 Å². The van der Waals surface area contributed by atoms with Crippen molar-refractivity contribution in [2.24, 2.45) is 5.92 Å². The van der Waals surface area contributed by atoms with Gasteiger partial charge in [0.15, 0.2) is 0 Å². The predicted octanol–water partition coefficient (Wildman–Crippen LogP) is 3.66. The van der Waals surface area contributed by atoms with E-state index in [0.717, 1.165) is 11.1 Å². The number of rotatable bonds is 8. The first-order chi connectivity index (χ1) is 16.4. The number of aromatic nitrogens is 2. The summed E-state index contributed by atoms with van der Waals surface area (Å²) in [5.74, 6) is 0.164. The molecule has 8 nitrogen and oxygen atoms in total. The van der Waals surface area contributed by atoms with Crippen LogP contribution in [0.15, 0.2) is 76.7 Å². The minimum Gasteiger partial charge on any atom is -0.337 e. The van der Waals surface area contributed by atoms with Crippen molar-refractivity contribution in [1.82, 2.24) is 19.3 Å². The zero-order valence-corrected chi connectivity index (χ0v) is 19.9. The van der Waals surface area contributed by atoms with Gasteiger partial charge in [0, 0.05) is 25.2 Å². The molecular weight excluding hydrogens is 452 g/mol. The molecule has 0 saturated carbocycles. The normalized spacial score (nSPS) is 16.8. The third-order valence-corrected chi connectivity index (χ3v) is 7.76. The maximum absolute atomic E-state index is 13.4. The predicted molar refractivity (Wildman–Crippen MR) is 128 cm³/mol. The number of benzene rings is 2. The van der Waals surface area contributed by atoms with Crippen LogP contribution in [0.4, 0.5) is 0 Å². The van der Waals surface area contributed by atoms with Gasteiger partial charge >= 0.3 is 0 Å². The number of sulfonamides is 1. The molecule has 1 amide bonds. The molecule has 1 aliphatic heterocycles. The van der Waals surface area contributed by atoms with Gasteiger partial charge in [-0.15, -0.1) is 6.58 Å². The Kier molecular flexibility index (Phi) is 7.23. The van der Waals surface area contributed by atoms with Crippen LogP contribution in [0.25, 0.3) is 11.4 Å². The van der Waals surface area contributed by atoms with Crippen molar-refractivity contribution in [1.29, 1.82) is 0 Å². The lowest BCUT2D eigenvalue weighted by atomic mass is 9.98. The van der Waals surface area contributed by atoms with Crippen LogP contribution in [0.3, 0.4) is 0 Å². The Morgan fingerprint density at radius 3 is 2.65 bits per heavy atom. The smallest absolute Gasteiger partial charge is 0.246 e. The van der Waals surface area contributed by atoms with E-state index in [1.165, 1.54) is 4.31 Å². The van der Waals surface area contributed by atoms with E-state index in [9.17, 15) is 13.2 Å². The van der Waals surface area contributed by atoms with Gasteiger partial charge in [0.05, 0.1) is 10.8 Å². The second-order valence-electron chi connectivity index (χ2n) is 8.40. The summed E-state index contributed by atoms with van der Waals surface area (Å²) >= 11 is 0. The number of aryl methyl sites for hydroxylation is 1. The van der Waals surface area contributed by atoms with Gasteiger partial charge in [-0.2, -0.15) is 9.29 Å². The standard InChI is InChI=1S/C25H28N4O4S/c1-3-15-28(18-23-26-24(27-33-23)20-8-5-4-6-9-20)25(30)21-10-7-16-29(17-21)34(31,32)22-13-11-19(2)12-14-22/h3-6,8-9,11-14,21H,1,7,10,15-18H2,2H3/t21-/m0/s1. The van der Waals surface area contributed by atoms with Crippen LogP contribution in [0.2, 0.25) is 0 Å². The van der Waals surface area contributed by atoms with Gasteiger partial charge in [-0.25, -0.2) is 8.42 Å². The molecule has 9 heteroatoms. The van der Waals surface area contributed by atoms with Crippen molar-refractivity contribution in [2.75, 3.05) is 19.6 Å². The van der Waals surface area contributed by atoms with Crippen molar-refractivity contribution >= 4 is 15.9 Å². The molecule has 1 fully saturated rings. The highest BCUT2D eigenvalue weighted by Gasteiger charge is 2.35. The third-order valence-electron chi connectivity index (χ3n) is 5.88.